The summed E-state index contributed by atoms with van der Waals surface area (Å²) in [5.74, 6) is 0.954. The average Bonchev–Trinajstić information content (AvgIpc) is 2.62. The van der Waals surface area contributed by atoms with E-state index in [2.05, 4.69) is 21.6 Å². The van der Waals surface area contributed by atoms with E-state index in [0.717, 1.165) is 43.9 Å². The fraction of sp³-hybridized carbons (Fsp3) is 0.611. The van der Waals surface area contributed by atoms with Crippen molar-refractivity contribution in [1.29, 1.82) is 0 Å². The van der Waals surface area contributed by atoms with Crippen molar-refractivity contribution in [1.82, 2.24) is 10.6 Å². The molecule has 0 spiro atoms. The van der Waals surface area contributed by atoms with E-state index < -0.39 is 0 Å². The predicted octanol–water partition coefficient (Wildman–Crippen LogP) is 1.16. The molecule has 0 aromatic heterocycles. The van der Waals surface area contributed by atoms with Gasteiger partial charge in [0.15, 0.2) is 0 Å². The Morgan fingerprint density at radius 1 is 1.33 bits per heavy atom. The molecule has 6 heteroatoms. The zero-order chi connectivity index (χ0) is 16.9. The molecule has 132 valence electrons. The Bertz CT molecular complexity index is 558. The van der Waals surface area contributed by atoms with Crippen molar-refractivity contribution in [2.75, 3.05) is 38.3 Å². The van der Waals surface area contributed by atoms with Crippen molar-refractivity contribution in [3.05, 3.63) is 24.3 Å². The minimum absolute atomic E-state index is 0.0536. The van der Waals surface area contributed by atoms with Crippen molar-refractivity contribution >= 4 is 11.6 Å². The molecular formula is C18H27N3O3. The molecule has 2 aliphatic rings. The van der Waals surface area contributed by atoms with Crippen molar-refractivity contribution in [3.8, 4) is 5.75 Å². The van der Waals surface area contributed by atoms with Gasteiger partial charge in [0.2, 0.25) is 5.91 Å². The smallest absolute Gasteiger partial charge is 0.240 e. The van der Waals surface area contributed by atoms with Gasteiger partial charge in [-0.15, -0.1) is 0 Å². The van der Waals surface area contributed by atoms with Gasteiger partial charge in [-0.25, -0.2) is 0 Å². The number of rotatable bonds is 4. The van der Waals surface area contributed by atoms with Crippen LogP contribution in [0.5, 0.6) is 5.75 Å². The number of amides is 1. The Hall–Kier alpha value is -1.79. The van der Waals surface area contributed by atoms with Gasteiger partial charge in [-0.05, 0) is 31.9 Å². The molecule has 2 fully saturated rings. The third kappa shape index (κ3) is 3.82. The lowest BCUT2D eigenvalue weighted by Crippen LogP contribution is -2.58. The number of ether oxygens (including phenoxy) is 2. The second-order valence-corrected chi connectivity index (χ2v) is 6.45. The van der Waals surface area contributed by atoms with Gasteiger partial charge < -0.3 is 25.0 Å². The summed E-state index contributed by atoms with van der Waals surface area (Å²) in [6, 6.07) is 8.06. The molecule has 2 N–H and O–H groups in total. The van der Waals surface area contributed by atoms with Crippen LogP contribution in [0.4, 0.5) is 5.69 Å². The highest BCUT2D eigenvalue weighted by Crippen LogP contribution is 2.29. The van der Waals surface area contributed by atoms with Gasteiger partial charge in [-0.3, -0.25) is 4.79 Å². The lowest BCUT2D eigenvalue weighted by Gasteiger charge is -2.36. The van der Waals surface area contributed by atoms with Crippen molar-refractivity contribution in [2.45, 2.75) is 38.0 Å². The molecule has 0 saturated carbocycles. The van der Waals surface area contributed by atoms with Crippen LogP contribution in [0.15, 0.2) is 24.3 Å². The van der Waals surface area contributed by atoms with Crippen molar-refractivity contribution < 1.29 is 14.3 Å². The van der Waals surface area contributed by atoms with Crippen LogP contribution >= 0.6 is 0 Å². The van der Waals surface area contributed by atoms with Crippen LogP contribution in [0.25, 0.3) is 0 Å². The second-order valence-electron chi connectivity index (χ2n) is 6.45. The maximum Gasteiger partial charge on any atom is 0.240 e. The Morgan fingerprint density at radius 3 is 2.79 bits per heavy atom. The minimum Gasteiger partial charge on any atom is -0.495 e. The lowest BCUT2D eigenvalue weighted by atomic mass is 10.0. The summed E-state index contributed by atoms with van der Waals surface area (Å²) >= 11 is 0. The highest BCUT2D eigenvalue weighted by atomic mass is 16.5. The Labute approximate surface area is 143 Å². The predicted molar refractivity (Wildman–Crippen MR) is 93.6 cm³/mol. The van der Waals surface area contributed by atoms with E-state index in [1.165, 1.54) is 0 Å². The molecule has 2 aliphatic heterocycles. The fourth-order valence-corrected chi connectivity index (χ4v) is 3.47. The number of carbonyl (C=O) groups excluding carboxylic acids is 1. The molecule has 0 unspecified atom stereocenters. The molecule has 3 rings (SSSR count). The number of anilines is 1. The number of morpholine rings is 1. The monoisotopic (exact) mass is 333 g/mol. The van der Waals surface area contributed by atoms with Gasteiger partial charge in [0.1, 0.15) is 11.8 Å². The molecule has 2 atom stereocenters. The van der Waals surface area contributed by atoms with Crippen molar-refractivity contribution in [3.63, 3.8) is 0 Å². The quantitative estimate of drug-likeness (QED) is 0.866. The van der Waals surface area contributed by atoms with Gasteiger partial charge >= 0.3 is 0 Å². The second kappa shape index (κ2) is 7.85. The highest BCUT2D eigenvalue weighted by molar-refractivity contribution is 5.82. The van der Waals surface area contributed by atoms with Crippen molar-refractivity contribution in [2.24, 2.45) is 0 Å². The normalized spacial score (nSPS) is 25.3. The first-order valence-electron chi connectivity index (χ1n) is 8.72. The number of para-hydroxylation sites is 2. The molecule has 1 aromatic carbocycles. The molecule has 6 nitrogen and oxygen atoms in total. The molecule has 2 heterocycles. The molecule has 1 aromatic rings. The molecule has 1 amide bonds. The maximum atomic E-state index is 12.4. The van der Waals surface area contributed by atoms with Gasteiger partial charge in [0.05, 0.1) is 25.5 Å². The van der Waals surface area contributed by atoms with Crippen LogP contribution < -0.4 is 20.3 Å². The number of hydrogen-bond donors (Lipinski definition) is 2. The van der Waals surface area contributed by atoms with E-state index in [1.807, 2.05) is 25.1 Å². The molecule has 24 heavy (non-hydrogen) atoms. The summed E-state index contributed by atoms with van der Waals surface area (Å²) in [5.41, 5.74) is 1.13. The lowest BCUT2D eigenvalue weighted by molar-refractivity contribution is -0.129. The zero-order valence-corrected chi connectivity index (χ0v) is 14.5. The summed E-state index contributed by atoms with van der Waals surface area (Å²) in [5, 5.41) is 6.42. The summed E-state index contributed by atoms with van der Waals surface area (Å²) in [6.45, 7) is 5.17. The molecular weight excluding hydrogens is 306 g/mol. The van der Waals surface area contributed by atoms with E-state index in [0.29, 0.717) is 6.61 Å². The third-order valence-corrected chi connectivity index (χ3v) is 4.87. The van der Waals surface area contributed by atoms with E-state index in [4.69, 9.17) is 9.47 Å². The molecule has 0 radical (unpaired) electrons. The van der Waals surface area contributed by atoms with E-state index in [9.17, 15) is 4.79 Å². The third-order valence-electron chi connectivity index (χ3n) is 4.87. The van der Waals surface area contributed by atoms with Gasteiger partial charge in [-0.2, -0.15) is 0 Å². The summed E-state index contributed by atoms with van der Waals surface area (Å²) < 4.78 is 11.0. The number of benzene rings is 1. The largest absolute Gasteiger partial charge is 0.495 e. The van der Waals surface area contributed by atoms with Crippen LogP contribution in [-0.4, -0.2) is 57.4 Å². The fourth-order valence-electron chi connectivity index (χ4n) is 3.47. The first-order valence-corrected chi connectivity index (χ1v) is 8.72. The Morgan fingerprint density at radius 2 is 2.08 bits per heavy atom. The summed E-state index contributed by atoms with van der Waals surface area (Å²) in [6.07, 6.45) is 1.80. The zero-order valence-electron chi connectivity index (χ0n) is 14.5. The molecule has 0 aliphatic carbocycles. The minimum atomic E-state index is -0.244. The molecule has 0 bridgehead atoms. The topological polar surface area (TPSA) is 62.8 Å². The van der Waals surface area contributed by atoms with Crippen LogP contribution in [0.3, 0.4) is 0 Å². The Kier molecular flexibility index (Phi) is 5.58. The highest BCUT2D eigenvalue weighted by Gasteiger charge is 2.30. The average molecular weight is 333 g/mol. The van der Waals surface area contributed by atoms with E-state index >= 15 is 0 Å². The van der Waals surface area contributed by atoms with Crippen LogP contribution in [-0.2, 0) is 9.53 Å². The Balaban J connectivity index is 1.52. The van der Waals surface area contributed by atoms with Crippen LogP contribution in [0, 0.1) is 0 Å². The van der Waals surface area contributed by atoms with E-state index in [1.54, 1.807) is 7.11 Å². The number of nitrogens with one attached hydrogen (secondary N) is 2. The first-order chi connectivity index (χ1) is 11.7. The number of piperidine rings is 1. The van der Waals surface area contributed by atoms with Crippen LogP contribution in [0.1, 0.15) is 19.8 Å². The summed E-state index contributed by atoms with van der Waals surface area (Å²) in [4.78, 5) is 14.8. The SMILES string of the molecule is COc1ccccc1N1CCC(NC(=O)[C@H]2NCCO[C@@H]2C)CC1. The number of hydrogen-bond acceptors (Lipinski definition) is 5. The summed E-state index contributed by atoms with van der Waals surface area (Å²) in [7, 11) is 1.70. The van der Waals surface area contributed by atoms with Crippen LogP contribution in [0.2, 0.25) is 0 Å². The van der Waals surface area contributed by atoms with Gasteiger partial charge in [0, 0.05) is 25.7 Å². The van der Waals surface area contributed by atoms with Gasteiger partial charge in [-0.1, -0.05) is 12.1 Å². The molecule has 2 saturated heterocycles. The van der Waals surface area contributed by atoms with E-state index in [-0.39, 0.29) is 24.1 Å². The van der Waals surface area contributed by atoms with Gasteiger partial charge in [0.25, 0.3) is 0 Å². The number of methoxy groups -OCH3 is 1. The standard InChI is InChI=1S/C18H27N3O3/c1-13-17(19-9-12-24-13)18(22)20-14-7-10-21(11-8-14)15-5-3-4-6-16(15)23-2/h3-6,13-14,17,19H,7-12H2,1-2H3,(H,20,22)/t13-,17+/m1/s1. The maximum absolute atomic E-state index is 12.4. The number of nitrogens with zero attached hydrogens (tertiary/aromatic N) is 1. The first kappa shape index (κ1) is 17.0. The number of carbonyl (C=O) groups is 1.